The first-order valence-corrected chi connectivity index (χ1v) is 6.80. The Morgan fingerprint density at radius 1 is 1.29 bits per heavy atom. The second-order valence-electron chi connectivity index (χ2n) is 5.45. The molecule has 1 aliphatic rings. The van der Waals surface area contributed by atoms with Gasteiger partial charge in [0.25, 0.3) is 0 Å². The average Bonchev–Trinajstić information content (AvgIpc) is 2.27. The van der Waals surface area contributed by atoms with Crippen LogP contribution >= 0.6 is 0 Å². The van der Waals surface area contributed by atoms with E-state index < -0.39 is 0 Å². The van der Waals surface area contributed by atoms with Crippen molar-refractivity contribution in [2.24, 2.45) is 22.6 Å². The van der Waals surface area contributed by atoms with E-state index in [0.29, 0.717) is 5.96 Å². The predicted molar refractivity (Wildman–Crippen MR) is 74.2 cm³/mol. The Bertz CT molecular complexity index is 230. The third-order valence-corrected chi connectivity index (χ3v) is 3.39. The normalized spacial score (nSPS) is 27.1. The summed E-state index contributed by atoms with van der Waals surface area (Å²) >= 11 is 0. The van der Waals surface area contributed by atoms with Gasteiger partial charge in [-0.25, -0.2) is 0 Å². The zero-order valence-corrected chi connectivity index (χ0v) is 11.6. The molecule has 4 nitrogen and oxygen atoms in total. The predicted octanol–water partition coefficient (Wildman–Crippen LogP) is 1.28. The van der Waals surface area contributed by atoms with E-state index in [-0.39, 0.29) is 0 Å². The van der Waals surface area contributed by atoms with Crippen LogP contribution in [-0.4, -0.2) is 44.1 Å². The molecule has 0 radical (unpaired) electrons. The maximum atomic E-state index is 5.56. The van der Waals surface area contributed by atoms with Crippen LogP contribution in [0.2, 0.25) is 0 Å². The number of nitrogens with two attached hydrogens (primary N) is 1. The van der Waals surface area contributed by atoms with E-state index in [4.69, 9.17) is 5.73 Å². The Morgan fingerprint density at radius 3 is 2.53 bits per heavy atom. The molecule has 1 rings (SSSR count). The fraction of sp³-hybridized carbons (Fsp3) is 0.923. The summed E-state index contributed by atoms with van der Waals surface area (Å²) < 4.78 is 0. The summed E-state index contributed by atoms with van der Waals surface area (Å²) in [6.45, 7) is 9.43. The molecular formula is C13H28N4. The quantitative estimate of drug-likeness (QED) is 0.432. The highest BCUT2D eigenvalue weighted by Crippen LogP contribution is 2.20. The molecule has 0 aliphatic carbocycles. The summed E-state index contributed by atoms with van der Waals surface area (Å²) in [5.74, 6) is 2.27. The van der Waals surface area contributed by atoms with Gasteiger partial charge in [-0.2, -0.15) is 0 Å². The van der Waals surface area contributed by atoms with Crippen LogP contribution in [0.4, 0.5) is 0 Å². The fourth-order valence-corrected chi connectivity index (χ4v) is 2.73. The van der Waals surface area contributed by atoms with Crippen LogP contribution in [0.5, 0.6) is 0 Å². The van der Waals surface area contributed by atoms with E-state index in [1.165, 1.54) is 32.5 Å². The van der Waals surface area contributed by atoms with E-state index in [2.05, 4.69) is 29.1 Å². The first kappa shape index (κ1) is 14.3. The van der Waals surface area contributed by atoms with Gasteiger partial charge in [0.15, 0.2) is 5.96 Å². The van der Waals surface area contributed by atoms with Crippen molar-refractivity contribution in [3.05, 3.63) is 0 Å². The van der Waals surface area contributed by atoms with Crippen molar-refractivity contribution in [3.8, 4) is 0 Å². The molecule has 0 amide bonds. The third-order valence-electron chi connectivity index (χ3n) is 3.39. The minimum Gasteiger partial charge on any atom is -0.370 e. The van der Waals surface area contributed by atoms with Crippen LogP contribution in [0, 0.1) is 11.8 Å². The SMILES string of the molecule is CN=C(N)NCCCCN1C[C@H](C)C[C@H](C)C1. The van der Waals surface area contributed by atoms with Gasteiger partial charge in [-0.1, -0.05) is 13.8 Å². The standard InChI is InChI=1S/C13H28N4/c1-11-8-12(2)10-17(9-11)7-5-4-6-16-13(14)15-3/h11-12H,4-10H2,1-3H3,(H3,14,15,16)/t11-,12+. The van der Waals surface area contributed by atoms with E-state index in [9.17, 15) is 0 Å². The zero-order valence-electron chi connectivity index (χ0n) is 11.6. The molecule has 0 bridgehead atoms. The highest BCUT2D eigenvalue weighted by molar-refractivity contribution is 5.77. The summed E-state index contributed by atoms with van der Waals surface area (Å²) in [5, 5.41) is 3.10. The largest absolute Gasteiger partial charge is 0.370 e. The first-order valence-electron chi connectivity index (χ1n) is 6.80. The molecule has 1 saturated heterocycles. The number of nitrogens with one attached hydrogen (secondary N) is 1. The number of piperidine rings is 1. The number of rotatable bonds is 5. The molecule has 2 atom stereocenters. The summed E-state index contributed by atoms with van der Waals surface area (Å²) in [5.41, 5.74) is 5.56. The van der Waals surface area contributed by atoms with Crippen molar-refractivity contribution in [2.45, 2.75) is 33.1 Å². The van der Waals surface area contributed by atoms with Gasteiger partial charge in [0.1, 0.15) is 0 Å². The van der Waals surface area contributed by atoms with Gasteiger partial charge in [0.2, 0.25) is 0 Å². The molecule has 1 heterocycles. The van der Waals surface area contributed by atoms with Gasteiger partial charge >= 0.3 is 0 Å². The van der Waals surface area contributed by atoms with E-state index in [1.807, 2.05) is 0 Å². The Hall–Kier alpha value is -0.770. The Labute approximate surface area is 106 Å². The monoisotopic (exact) mass is 240 g/mol. The van der Waals surface area contributed by atoms with Crippen LogP contribution in [0.3, 0.4) is 0 Å². The lowest BCUT2D eigenvalue weighted by molar-refractivity contribution is 0.139. The van der Waals surface area contributed by atoms with Gasteiger partial charge in [-0.05, 0) is 37.6 Å². The highest BCUT2D eigenvalue weighted by atomic mass is 15.1. The lowest BCUT2D eigenvalue weighted by Gasteiger charge is -2.34. The van der Waals surface area contributed by atoms with Gasteiger partial charge in [-0.15, -0.1) is 0 Å². The molecule has 4 heteroatoms. The highest BCUT2D eigenvalue weighted by Gasteiger charge is 2.20. The molecule has 0 aromatic rings. The molecule has 3 N–H and O–H groups in total. The number of guanidine groups is 1. The van der Waals surface area contributed by atoms with Gasteiger partial charge < -0.3 is 16.0 Å². The molecule has 1 aliphatic heterocycles. The number of likely N-dealkylation sites (tertiary alicyclic amines) is 1. The van der Waals surface area contributed by atoms with Crippen LogP contribution < -0.4 is 11.1 Å². The van der Waals surface area contributed by atoms with Crippen LogP contribution in [0.25, 0.3) is 0 Å². The van der Waals surface area contributed by atoms with Gasteiger partial charge in [0, 0.05) is 26.7 Å². The van der Waals surface area contributed by atoms with Crippen molar-refractivity contribution in [1.82, 2.24) is 10.2 Å². The second-order valence-corrected chi connectivity index (χ2v) is 5.45. The topological polar surface area (TPSA) is 53.6 Å². The average molecular weight is 240 g/mol. The molecule has 0 spiro atoms. The van der Waals surface area contributed by atoms with Crippen LogP contribution in [-0.2, 0) is 0 Å². The van der Waals surface area contributed by atoms with Crippen molar-refractivity contribution in [1.29, 1.82) is 0 Å². The molecule has 0 unspecified atom stereocenters. The van der Waals surface area contributed by atoms with E-state index in [1.54, 1.807) is 7.05 Å². The lowest BCUT2D eigenvalue weighted by Crippen LogP contribution is -2.39. The van der Waals surface area contributed by atoms with Crippen molar-refractivity contribution >= 4 is 5.96 Å². The minimum atomic E-state index is 0.546. The Kier molecular flexibility index (Phi) is 6.34. The Morgan fingerprint density at radius 2 is 1.94 bits per heavy atom. The lowest BCUT2D eigenvalue weighted by atomic mass is 9.92. The molecule has 100 valence electrons. The number of nitrogens with zero attached hydrogens (tertiary/aromatic N) is 2. The van der Waals surface area contributed by atoms with Crippen molar-refractivity contribution in [2.75, 3.05) is 33.2 Å². The third kappa shape index (κ3) is 5.91. The molecular weight excluding hydrogens is 212 g/mol. The molecule has 1 fully saturated rings. The zero-order chi connectivity index (χ0) is 12.7. The summed E-state index contributed by atoms with van der Waals surface area (Å²) in [4.78, 5) is 6.48. The number of hydrogen-bond acceptors (Lipinski definition) is 2. The first-order chi connectivity index (χ1) is 8.11. The smallest absolute Gasteiger partial charge is 0.188 e. The molecule has 0 aromatic carbocycles. The Balaban J connectivity index is 2.06. The van der Waals surface area contributed by atoms with Gasteiger partial charge in [-0.3, -0.25) is 4.99 Å². The second kappa shape index (κ2) is 7.54. The number of hydrogen-bond donors (Lipinski definition) is 2. The molecule has 0 aromatic heterocycles. The molecule has 0 saturated carbocycles. The number of aliphatic imine (C=N–C) groups is 1. The van der Waals surface area contributed by atoms with Crippen molar-refractivity contribution < 1.29 is 0 Å². The molecule has 17 heavy (non-hydrogen) atoms. The number of unbranched alkanes of at least 4 members (excludes halogenated alkanes) is 1. The maximum absolute atomic E-state index is 5.56. The fourth-order valence-electron chi connectivity index (χ4n) is 2.73. The van der Waals surface area contributed by atoms with E-state index in [0.717, 1.165) is 24.8 Å². The van der Waals surface area contributed by atoms with Crippen LogP contribution in [0.15, 0.2) is 4.99 Å². The summed E-state index contributed by atoms with van der Waals surface area (Å²) in [7, 11) is 1.71. The maximum Gasteiger partial charge on any atom is 0.188 e. The van der Waals surface area contributed by atoms with Gasteiger partial charge in [0.05, 0.1) is 0 Å². The van der Waals surface area contributed by atoms with Crippen LogP contribution in [0.1, 0.15) is 33.1 Å². The summed E-state index contributed by atoms with van der Waals surface area (Å²) in [6.07, 6.45) is 3.79. The minimum absolute atomic E-state index is 0.546. The van der Waals surface area contributed by atoms with Crippen molar-refractivity contribution in [3.63, 3.8) is 0 Å². The van der Waals surface area contributed by atoms with E-state index >= 15 is 0 Å². The summed E-state index contributed by atoms with van der Waals surface area (Å²) in [6, 6.07) is 0.